The maximum Gasteiger partial charge on any atom is 0.280 e. The van der Waals surface area contributed by atoms with Crippen LogP contribution in [0.1, 0.15) is 12.5 Å². The molecule has 0 bridgehead atoms. The van der Waals surface area contributed by atoms with Gasteiger partial charge in [-0.3, -0.25) is 9.69 Å². The van der Waals surface area contributed by atoms with Crippen molar-refractivity contribution in [2.75, 3.05) is 16.8 Å². The Hall–Kier alpha value is -2.07. The summed E-state index contributed by atoms with van der Waals surface area (Å²) in [5.41, 5.74) is 4.61. The van der Waals surface area contributed by atoms with Crippen molar-refractivity contribution in [3.8, 4) is 0 Å². The molecule has 0 unspecified atom stereocenters. The molecular formula is C18H17BrN2O. The van der Waals surface area contributed by atoms with Gasteiger partial charge in [0.25, 0.3) is 5.91 Å². The van der Waals surface area contributed by atoms with Gasteiger partial charge in [-0.2, -0.15) is 0 Å². The molecule has 112 valence electrons. The van der Waals surface area contributed by atoms with Crippen LogP contribution in [0.15, 0.2) is 58.7 Å². The first-order chi connectivity index (χ1) is 10.5. The van der Waals surface area contributed by atoms with Gasteiger partial charge in [0, 0.05) is 17.2 Å². The van der Waals surface area contributed by atoms with E-state index in [0.717, 1.165) is 21.5 Å². The molecule has 0 aromatic heterocycles. The van der Waals surface area contributed by atoms with E-state index in [1.165, 1.54) is 5.56 Å². The second-order valence-corrected chi connectivity index (χ2v) is 6.60. The summed E-state index contributed by atoms with van der Waals surface area (Å²) in [5.74, 6) is -0.0283. The summed E-state index contributed by atoms with van der Waals surface area (Å²) in [5, 5.41) is 0. The number of carbonyl (C=O) groups is 1. The Morgan fingerprint density at radius 3 is 2.18 bits per heavy atom. The van der Waals surface area contributed by atoms with Crippen LogP contribution in [0, 0.1) is 6.92 Å². The van der Waals surface area contributed by atoms with Crippen molar-refractivity contribution >= 4 is 38.9 Å². The van der Waals surface area contributed by atoms with Crippen LogP contribution in [-0.4, -0.2) is 13.0 Å². The Labute approximate surface area is 139 Å². The number of hydrogen-bond donors (Lipinski definition) is 0. The highest BCUT2D eigenvalue weighted by molar-refractivity contribution is 9.11. The Kier molecular flexibility index (Phi) is 3.79. The van der Waals surface area contributed by atoms with E-state index in [1.807, 2.05) is 74.3 Å². The molecule has 0 spiro atoms. The van der Waals surface area contributed by atoms with Crippen molar-refractivity contribution in [2.45, 2.75) is 13.8 Å². The number of para-hydroxylation sites is 2. The predicted octanol–water partition coefficient (Wildman–Crippen LogP) is 4.74. The maximum atomic E-state index is 13.0. The van der Waals surface area contributed by atoms with Crippen molar-refractivity contribution in [3.05, 3.63) is 64.3 Å². The lowest BCUT2D eigenvalue weighted by atomic mass is 10.1. The van der Waals surface area contributed by atoms with E-state index < -0.39 is 0 Å². The molecule has 2 aromatic rings. The number of amides is 1. The first-order valence-corrected chi connectivity index (χ1v) is 7.90. The number of nitrogens with zero attached hydrogens (tertiary/aromatic N) is 2. The standard InChI is InChI=1S/C18H17BrN2O/c1-12-8-10-14(11-9-12)21-16-7-5-4-6-15(16)20(3)17(13(2)19)18(21)22/h4-11H,1-3H3/b17-13+. The van der Waals surface area contributed by atoms with Gasteiger partial charge in [-0.25, -0.2) is 0 Å². The number of allylic oxidation sites excluding steroid dienone is 1. The second-order valence-electron chi connectivity index (χ2n) is 5.41. The topological polar surface area (TPSA) is 23.6 Å². The van der Waals surface area contributed by atoms with Gasteiger partial charge in [0.2, 0.25) is 0 Å². The molecule has 3 rings (SSSR count). The number of likely N-dealkylation sites (N-methyl/N-ethyl adjacent to an activating group) is 1. The Bertz CT molecular complexity index is 761. The van der Waals surface area contributed by atoms with Gasteiger partial charge in [-0.15, -0.1) is 0 Å². The molecule has 2 aromatic carbocycles. The van der Waals surface area contributed by atoms with Crippen molar-refractivity contribution in [1.82, 2.24) is 0 Å². The zero-order valence-corrected chi connectivity index (χ0v) is 14.4. The van der Waals surface area contributed by atoms with Crippen LogP contribution in [0.2, 0.25) is 0 Å². The summed E-state index contributed by atoms with van der Waals surface area (Å²) in [7, 11) is 1.92. The number of fused-ring (bicyclic) bond motifs is 1. The fourth-order valence-electron chi connectivity index (χ4n) is 2.74. The van der Waals surface area contributed by atoms with Gasteiger partial charge in [0.05, 0.1) is 11.4 Å². The smallest absolute Gasteiger partial charge is 0.280 e. The summed E-state index contributed by atoms with van der Waals surface area (Å²) in [6.45, 7) is 3.93. The Morgan fingerprint density at radius 2 is 1.59 bits per heavy atom. The summed E-state index contributed by atoms with van der Waals surface area (Å²) < 4.78 is 0.826. The molecule has 0 aliphatic carbocycles. The number of anilines is 3. The van der Waals surface area contributed by atoms with E-state index in [4.69, 9.17) is 0 Å². The lowest BCUT2D eigenvalue weighted by Gasteiger charge is -2.37. The van der Waals surface area contributed by atoms with Crippen molar-refractivity contribution < 1.29 is 4.79 Å². The number of benzene rings is 2. The van der Waals surface area contributed by atoms with Crippen molar-refractivity contribution in [1.29, 1.82) is 0 Å². The summed E-state index contributed by atoms with van der Waals surface area (Å²) >= 11 is 3.47. The fourth-order valence-corrected chi connectivity index (χ4v) is 3.18. The molecule has 22 heavy (non-hydrogen) atoms. The number of rotatable bonds is 1. The normalized spacial score (nSPS) is 16.6. The molecule has 0 radical (unpaired) electrons. The highest BCUT2D eigenvalue weighted by atomic mass is 79.9. The monoisotopic (exact) mass is 356 g/mol. The van der Waals surface area contributed by atoms with Crippen molar-refractivity contribution in [2.24, 2.45) is 0 Å². The number of halogens is 1. The van der Waals surface area contributed by atoms with Crippen molar-refractivity contribution in [3.63, 3.8) is 0 Å². The first kappa shape index (κ1) is 14.9. The van der Waals surface area contributed by atoms with Crippen LogP contribution < -0.4 is 9.80 Å². The van der Waals surface area contributed by atoms with Gasteiger partial charge < -0.3 is 4.90 Å². The molecule has 0 N–H and O–H groups in total. The van der Waals surface area contributed by atoms with E-state index in [9.17, 15) is 4.79 Å². The average Bonchev–Trinajstić information content (AvgIpc) is 2.49. The van der Waals surface area contributed by atoms with Crippen LogP contribution in [0.3, 0.4) is 0 Å². The zero-order valence-electron chi connectivity index (χ0n) is 12.8. The molecule has 4 heteroatoms. The summed E-state index contributed by atoms with van der Waals surface area (Å²) in [6, 6.07) is 16.0. The minimum absolute atomic E-state index is 0.0283. The van der Waals surface area contributed by atoms with Gasteiger partial charge in [-0.1, -0.05) is 45.8 Å². The van der Waals surface area contributed by atoms with Gasteiger partial charge in [-0.05, 0) is 38.1 Å². The van der Waals surface area contributed by atoms with E-state index in [-0.39, 0.29) is 5.91 Å². The highest BCUT2D eigenvalue weighted by Crippen LogP contribution is 2.42. The zero-order chi connectivity index (χ0) is 15.9. The average molecular weight is 357 g/mol. The quantitative estimate of drug-likeness (QED) is 0.689. The number of hydrogen-bond acceptors (Lipinski definition) is 2. The van der Waals surface area contributed by atoms with Crippen LogP contribution in [0.4, 0.5) is 17.1 Å². The third-order valence-electron chi connectivity index (χ3n) is 3.84. The lowest BCUT2D eigenvalue weighted by molar-refractivity contribution is -0.114. The Morgan fingerprint density at radius 1 is 1.00 bits per heavy atom. The third kappa shape index (κ3) is 2.33. The second kappa shape index (κ2) is 5.61. The first-order valence-electron chi connectivity index (χ1n) is 7.11. The Balaban J connectivity index is 2.24. The number of aryl methyl sites for hydroxylation is 1. The minimum Gasteiger partial charge on any atom is -0.338 e. The van der Waals surface area contributed by atoms with Gasteiger partial charge in [0.15, 0.2) is 0 Å². The molecule has 1 aliphatic rings. The van der Waals surface area contributed by atoms with E-state index in [1.54, 1.807) is 4.90 Å². The predicted molar refractivity (Wildman–Crippen MR) is 94.8 cm³/mol. The lowest BCUT2D eigenvalue weighted by Crippen LogP contribution is -2.40. The summed E-state index contributed by atoms with van der Waals surface area (Å²) in [6.07, 6.45) is 0. The molecule has 0 saturated heterocycles. The highest BCUT2D eigenvalue weighted by Gasteiger charge is 2.33. The van der Waals surface area contributed by atoms with E-state index in [2.05, 4.69) is 15.9 Å². The van der Waals surface area contributed by atoms with Crippen LogP contribution in [-0.2, 0) is 4.79 Å². The van der Waals surface area contributed by atoms with E-state index >= 15 is 0 Å². The molecule has 0 atom stereocenters. The third-order valence-corrected chi connectivity index (χ3v) is 4.22. The number of carbonyl (C=O) groups excluding carboxylic acids is 1. The molecule has 0 fully saturated rings. The molecule has 1 amide bonds. The van der Waals surface area contributed by atoms with Gasteiger partial charge >= 0.3 is 0 Å². The van der Waals surface area contributed by atoms with Crippen LogP contribution >= 0.6 is 15.9 Å². The van der Waals surface area contributed by atoms with Gasteiger partial charge in [0.1, 0.15) is 5.70 Å². The molecule has 3 nitrogen and oxygen atoms in total. The molecule has 1 aliphatic heterocycles. The van der Waals surface area contributed by atoms with Crippen LogP contribution in [0.25, 0.3) is 0 Å². The maximum absolute atomic E-state index is 13.0. The summed E-state index contributed by atoms with van der Waals surface area (Å²) in [4.78, 5) is 16.7. The fraction of sp³-hybridized carbons (Fsp3) is 0.167. The largest absolute Gasteiger partial charge is 0.338 e. The molecular weight excluding hydrogens is 340 g/mol. The SMILES string of the molecule is C/C(Br)=C1/C(=O)N(c2ccc(C)cc2)c2ccccc2N1C. The van der Waals surface area contributed by atoms with Crippen LogP contribution in [0.5, 0.6) is 0 Å². The minimum atomic E-state index is -0.0283. The molecule has 1 heterocycles. The van der Waals surface area contributed by atoms with E-state index in [0.29, 0.717) is 5.70 Å². The molecule has 0 saturated carbocycles.